The van der Waals surface area contributed by atoms with Gasteiger partial charge in [-0.3, -0.25) is 0 Å². The van der Waals surface area contributed by atoms with Crippen molar-refractivity contribution in [3.8, 4) is 0 Å². The van der Waals surface area contributed by atoms with Gasteiger partial charge in [-0.25, -0.2) is 0 Å². The molecule has 0 aromatic heterocycles. The Hall–Kier alpha value is 0.574. The molecule has 0 saturated heterocycles. The Morgan fingerprint density at radius 2 is 2.17 bits per heavy atom. The van der Waals surface area contributed by atoms with Crippen LogP contribution in [0.15, 0.2) is 12.1 Å². The first kappa shape index (κ1) is 12.6. The number of benzene rings is 1. The maximum atomic E-state index is 8.79. The Balaban J connectivity index is 0.00000121. The molecule has 0 amide bonds. The van der Waals surface area contributed by atoms with Gasteiger partial charge in [-0.1, -0.05) is 18.4 Å². The second-order valence-corrected chi connectivity index (χ2v) is 2.78. The summed E-state index contributed by atoms with van der Waals surface area (Å²) in [6.07, 6.45) is 0.932. The zero-order chi connectivity index (χ0) is 8.27. The van der Waals surface area contributed by atoms with E-state index in [1.165, 1.54) is 0 Å². The standard InChI is InChI=1S/C9H10ClO.Y/c1-2-7-3-8(6-11)5-9(10)4-7;/h3-4,11H,2,6H2,1H3;/q-1;. The molecule has 0 aliphatic rings. The predicted molar refractivity (Wildman–Crippen MR) is 45.6 cm³/mol. The molecule has 0 unspecified atom stereocenters. The topological polar surface area (TPSA) is 20.2 Å². The molecule has 1 aromatic carbocycles. The molecular formula is C9H10ClOY-. The third-order valence-corrected chi connectivity index (χ3v) is 1.73. The van der Waals surface area contributed by atoms with Gasteiger partial charge in [0.05, 0.1) is 0 Å². The fourth-order valence-corrected chi connectivity index (χ4v) is 1.20. The van der Waals surface area contributed by atoms with Crippen molar-refractivity contribution in [1.82, 2.24) is 0 Å². The van der Waals surface area contributed by atoms with Crippen molar-refractivity contribution in [2.24, 2.45) is 0 Å². The van der Waals surface area contributed by atoms with Crippen LogP contribution >= 0.6 is 11.6 Å². The van der Waals surface area contributed by atoms with Gasteiger partial charge in [0, 0.05) is 39.3 Å². The first-order chi connectivity index (χ1) is 5.26. The van der Waals surface area contributed by atoms with Crippen LogP contribution in [0.5, 0.6) is 0 Å². The molecule has 0 spiro atoms. The second-order valence-electron chi connectivity index (χ2n) is 2.37. The fraction of sp³-hybridized carbons (Fsp3) is 0.333. The summed E-state index contributed by atoms with van der Waals surface area (Å²) in [5.41, 5.74) is 1.90. The van der Waals surface area contributed by atoms with Gasteiger partial charge < -0.3 is 5.11 Å². The maximum absolute atomic E-state index is 8.79. The summed E-state index contributed by atoms with van der Waals surface area (Å²) in [6.45, 7) is 2.06. The number of halogens is 1. The van der Waals surface area contributed by atoms with Crippen LogP contribution in [0.4, 0.5) is 0 Å². The van der Waals surface area contributed by atoms with Crippen molar-refractivity contribution >= 4 is 11.6 Å². The molecule has 0 fully saturated rings. The van der Waals surface area contributed by atoms with Gasteiger partial charge in [0.1, 0.15) is 0 Å². The van der Waals surface area contributed by atoms with Crippen LogP contribution in [0, 0.1) is 6.07 Å². The van der Waals surface area contributed by atoms with Gasteiger partial charge in [-0.15, -0.1) is 23.2 Å². The van der Waals surface area contributed by atoms with Crippen LogP contribution in [0.3, 0.4) is 0 Å². The molecule has 0 aliphatic heterocycles. The largest absolute Gasteiger partial charge is 0.394 e. The molecule has 3 heteroatoms. The van der Waals surface area contributed by atoms with Crippen LogP contribution in [0.1, 0.15) is 18.1 Å². The van der Waals surface area contributed by atoms with Gasteiger partial charge >= 0.3 is 0 Å². The molecule has 0 atom stereocenters. The number of aryl methyl sites for hydroxylation is 1. The smallest absolute Gasteiger partial charge is 0.0458 e. The summed E-state index contributed by atoms with van der Waals surface area (Å²) < 4.78 is 0. The quantitative estimate of drug-likeness (QED) is 0.806. The molecular weight excluding hydrogens is 248 g/mol. The molecule has 1 radical (unpaired) electrons. The summed E-state index contributed by atoms with van der Waals surface area (Å²) in [4.78, 5) is 0. The molecule has 1 nitrogen and oxygen atoms in total. The number of rotatable bonds is 2. The summed E-state index contributed by atoms with van der Waals surface area (Å²) in [5.74, 6) is 0. The van der Waals surface area contributed by atoms with Crippen LogP contribution in [0.25, 0.3) is 0 Å². The normalized spacial score (nSPS) is 9.25. The molecule has 1 N–H and O–H groups in total. The van der Waals surface area contributed by atoms with Crippen LogP contribution in [-0.2, 0) is 45.7 Å². The molecule has 63 valence electrons. The number of aliphatic hydroxyl groups excluding tert-OH is 1. The fourth-order valence-electron chi connectivity index (χ4n) is 0.943. The molecule has 1 rings (SSSR count). The van der Waals surface area contributed by atoms with Gasteiger partial charge in [0.2, 0.25) is 0 Å². The second kappa shape index (κ2) is 6.09. The third-order valence-electron chi connectivity index (χ3n) is 1.53. The van der Waals surface area contributed by atoms with Crippen molar-refractivity contribution in [3.63, 3.8) is 0 Å². The van der Waals surface area contributed by atoms with Crippen molar-refractivity contribution in [3.05, 3.63) is 34.3 Å². The van der Waals surface area contributed by atoms with E-state index >= 15 is 0 Å². The van der Waals surface area contributed by atoms with E-state index in [9.17, 15) is 0 Å². The van der Waals surface area contributed by atoms with Crippen LogP contribution in [0.2, 0.25) is 5.02 Å². The van der Waals surface area contributed by atoms with E-state index in [0.717, 1.165) is 17.5 Å². The average Bonchev–Trinajstić information content (AvgIpc) is 2.03. The maximum Gasteiger partial charge on any atom is 0.0458 e. The monoisotopic (exact) mass is 258 g/mol. The molecule has 12 heavy (non-hydrogen) atoms. The molecule has 0 heterocycles. The molecule has 0 bridgehead atoms. The average molecular weight is 259 g/mol. The van der Waals surface area contributed by atoms with E-state index < -0.39 is 0 Å². The van der Waals surface area contributed by atoms with Gasteiger partial charge in [0.25, 0.3) is 0 Å². The Bertz CT molecular complexity index is 228. The van der Waals surface area contributed by atoms with Gasteiger partial charge in [0.15, 0.2) is 0 Å². The molecule has 1 aromatic rings. The zero-order valence-electron chi connectivity index (χ0n) is 6.97. The van der Waals surface area contributed by atoms with Crippen molar-refractivity contribution in [2.75, 3.05) is 0 Å². The minimum absolute atomic E-state index is 0. The Kier molecular flexibility index (Phi) is 6.38. The van der Waals surface area contributed by atoms with Crippen molar-refractivity contribution in [2.45, 2.75) is 20.0 Å². The van der Waals surface area contributed by atoms with Gasteiger partial charge in [-0.05, 0) is 0 Å². The predicted octanol–water partition coefficient (Wildman–Crippen LogP) is 2.19. The van der Waals surface area contributed by atoms with E-state index in [-0.39, 0.29) is 39.3 Å². The minimum atomic E-state index is 0. The first-order valence-corrected chi connectivity index (χ1v) is 3.95. The van der Waals surface area contributed by atoms with Gasteiger partial charge in [-0.2, -0.15) is 17.7 Å². The van der Waals surface area contributed by atoms with E-state index in [4.69, 9.17) is 16.7 Å². The number of hydrogen-bond donors (Lipinski definition) is 1. The van der Waals surface area contributed by atoms with E-state index in [1.54, 1.807) is 0 Å². The van der Waals surface area contributed by atoms with E-state index in [2.05, 4.69) is 6.07 Å². The Labute approximate surface area is 103 Å². The summed E-state index contributed by atoms with van der Waals surface area (Å²) in [5, 5.41) is 9.37. The van der Waals surface area contributed by atoms with Crippen LogP contribution < -0.4 is 0 Å². The minimum Gasteiger partial charge on any atom is -0.394 e. The number of hydrogen-bond acceptors (Lipinski definition) is 1. The van der Waals surface area contributed by atoms with Crippen LogP contribution in [-0.4, -0.2) is 5.11 Å². The Morgan fingerprint density at radius 3 is 2.67 bits per heavy atom. The summed E-state index contributed by atoms with van der Waals surface area (Å²) >= 11 is 5.74. The SMILES string of the molecule is CCc1cc(Cl)[c-]c(CO)c1.[Y]. The van der Waals surface area contributed by atoms with Crippen molar-refractivity contribution in [1.29, 1.82) is 0 Å². The van der Waals surface area contributed by atoms with Crippen molar-refractivity contribution < 1.29 is 37.8 Å². The third kappa shape index (κ3) is 3.53. The Morgan fingerprint density at radius 1 is 1.50 bits per heavy atom. The zero-order valence-corrected chi connectivity index (χ0v) is 10.6. The van der Waals surface area contributed by atoms with E-state index in [1.807, 2.05) is 19.1 Å². The van der Waals surface area contributed by atoms with E-state index in [0.29, 0.717) is 5.02 Å². The number of aliphatic hydroxyl groups is 1. The first-order valence-electron chi connectivity index (χ1n) is 3.57. The summed E-state index contributed by atoms with van der Waals surface area (Å²) in [7, 11) is 0. The molecule has 0 saturated carbocycles. The molecule has 0 aliphatic carbocycles. The summed E-state index contributed by atoms with van der Waals surface area (Å²) in [6, 6.07) is 6.62.